The third-order valence-corrected chi connectivity index (χ3v) is 1.42. The molecule has 0 aliphatic rings. The van der Waals surface area contributed by atoms with Crippen molar-refractivity contribution in [3.05, 3.63) is 0 Å². The van der Waals surface area contributed by atoms with E-state index in [1.165, 1.54) is 6.92 Å². The molecule has 5 nitrogen and oxygen atoms in total. The normalized spacial score (nSPS) is 13.9. The van der Waals surface area contributed by atoms with Gasteiger partial charge in [0.15, 0.2) is 0 Å². The maximum absolute atomic E-state index is 9.82. The fourth-order valence-corrected chi connectivity index (χ4v) is 0.808. The van der Waals surface area contributed by atoms with E-state index in [1.807, 2.05) is 0 Å². The smallest absolute Gasteiger partial charge is 0.217 e. The maximum atomic E-state index is 9.82. The van der Waals surface area contributed by atoms with Crippen LogP contribution in [0.5, 0.6) is 0 Å². The van der Waals surface area contributed by atoms with E-state index < -0.39 is 16.5 Å². The summed E-state index contributed by atoms with van der Waals surface area (Å²) in [6.07, 6.45) is 0.00840. The lowest BCUT2D eigenvalue weighted by Gasteiger charge is -2.12. The summed E-state index contributed by atoms with van der Waals surface area (Å²) in [4.78, 5) is 0. The van der Waals surface area contributed by atoms with E-state index in [0.717, 1.165) is 0 Å². The molecular formula is C4H13NO4S. The van der Waals surface area contributed by atoms with Crippen molar-refractivity contribution < 1.29 is 17.2 Å². The molecular weight excluding hydrogens is 158 g/mol. The van der Waals surface area contributed by atoms with Gasteiger partial charge in [0.05, 0.1) is 6.10 Å². The zero-order valence-corrected chi connectivity index (χ0v) is 7.14. The van der Waals surface area contributed by atoms with E-state index >= 15 is 0 Å². The van der Waals surface area contributed by atoms with E-state index in [9.17, 15) is 13.0 Å². The molecule has 0 aliphatic heterocycles. The van der Waals surface area contributed by atoms with Crippen molar-refractivity contribution >= 4 is 10.4 Å². The van der Waals surface area contributed by atoms with Gasteiger partial charge in [-0.2, -0.15) is 0 Å². The molecule has 0 saturated carbocycles. The van der Waals surface area contributed by atoms with Gasteiger partial charge >= 0.3 is 0 Å². The molecule has 0 fully saturated rings. The van der Waals surface area contributed by atoms with Crippen molar-refractivity contribution in [2.24, 2.45) is 0 Å². The van der Waals surface area contributed by atoms with Crippen LogP contribution in [-0.4, -0.2) is 19.1 Å². The second kappa shape index (κ2) is 4.62. The van der Waals surface area contributed by atoms with Crippen LogP contribution in [0.1, 0.15) is 20.3 Å². The van der Waals surface area contributed by atoms with Crippen LogP contribution in [0.3, 0.4) is 0 Å². The molecule has 0 saturated heterocycles. The summed E-state index contributed by atoms with van der Waals surface area (Å²) < 4.78 is 33.5. The lowest BCUT2D eigenvalue weighted by atomic mass is 10.3. The monoisotopic (exact) mass is 171 g/mol. The van der Waals surface area contributed by atoms with Crippen LogP contribution in [0.15, 0.2) is 0 Å². The Kier molecular flexibility index (Phi) is 5.77. The highest BCUT2D eigenvalue weighted by molar-refractivity contribution is 7.80. The van der Waals surface area contributed by atoms with Gasteiger partial charge in [-0.05, 0) is 13.3 Å². The Hall–Kier alpha value is -0.170. The van der Waals surface area contributed by atoms with E-state index in [-0.39, 0.29) is 6.15 Å². The summed E-state index contributed by atoms with van der Waals surface area (Å²) in [7, 11) is -4.49. The SMILES string of the molecule is CCC(C)OS(=O)(=O)[O-].[NH4+]. The summed E-state index contributed by atoms with van der Waals surface area (Å²) >= 11 is 0. The van der Waals surface area contributed by atoms with E-state index in [0.29, 0.717) is 6.42 Å². The van der Waals surface area contributed by atoms with Gasteiger partial charge in [-0.15, -0.1) is 0 Å². The molecule has 0 radical (unpaired) electrons. The van der Waals surface area contributed by atoms with Gasteiger partial charge in [-0.25, -0.2) is 8.42 Å². The highest BCUT2D eigenvalue weighted by atomic mass is 32.3. The summed E-state index contributed by atoms with van der Waals surface area (Å²) in [5, 5.41) is 0. The molecule has 0 aromatic rings. The summed E-state index contributed by atoms with van der Waals surface area (Å²) in [5.41, 5.74) is 0. The molecule has 6 heteroatoms. The van der Waals surface area contributed by atoms with Gasteiger partial charge in [0.2, 0.25) is 10.4 Å². The van der Waals surface area contributed by atoms with Crippen LogP contribution in [-0.2, 0) is 14.6 Å². The Bertz CT molecular complexity index is 164. The van der Waals surface area contributed by atoms with Gasteiger partial charge < -0.3 is 10.7 Å². The number of hydrogen-bond donors (Lipinski definition) is 1. The topological polar surface area (TPSA) is 103 Å². The summed E-state index contributed by atoms with van der Waals surface area (Å²) in [6.45, 7) is 3.26. The average molecular weight is 171 g/mol. The molecule has 1 atom stereocenters. The zero-order chi connectivity index (χ0) is 7.49. The van der Waals surface area contributed by atoms with Crippen molar-refractivity contribution in [1.82, 2.24) is 6.15 Å². The second-order valence-corrected chi connectivity index (χ2v) is 2.73. The maximum Gasteiger partial charge on any atom is 0.217 e. The van der Waals surface area contributed by atoms with E-state index in [1.54, 1.807) is 6.92 Å². The van der Waals surface area contributed by atoms with Gasteiger partial charge in [0.25, 0.3) is 0 Å². The predicted octanol–water partition coefficient (Wildman–Crippen LogP) is 0.638. The molecule has 10 heavy (non-hydrogen) atoms. The standard InChI is InChI=1S/C4H10O4S.H3N/c1-3-4(2)8-9(5,6)7;/h4H,3H2,1-2H3,(H,5,6,7);1H3. The third-order valence-electron chi connectivity index (χ3n) is 0.857. The number of hydrogen-bond acceptors (Lipinski definition) is 4. The Balaban J connectivity index is 0. The van der Waals surface area contributed by atoms with Crippen molar-refractivity contribution in [1.29, 1.82) is 0 Å². The Morgan fingerprint density at radius 1 is 1.60 bits per heavy atom. The number of quaternary nitrogens is 1. The fourth-order valence-electron chi connectivity index (χ4n) is 0.269. The van der Waals surface area contributed by atoms with Gasteiger partial charge in [-0.1, -0.05) is 6.92 Å². The minimum absolute atomic E-state index is 0. The molecule has 0 aromatic carbocycles. The summed E-state index contributed by atoms with van der Waals surface area (Å²) in [5.74, 6) is 0. The number of rotatable bonds is 3. The van der Waals surface area contributed by atoms with E-state index in [2.05, 4.69) is 4.18 Å². The third kappa shape index (κ3) is 7.83. The van der Waals surface area contributed by atoms with Crippen LogP contribution in [0, 0.1) is 0 Å². The molecule has 0 amide bonds. The highest BCUT2D eigenvalue weighted by Gasteiger charge is 2.01. The quantitative estimate of drug-likeness (QED) is 0.497. The first-order chi connectivity index (χ1) is 3.95. The molecule has 0 heterocycles. The lowest BCUT2D eigenvalue weighted by molar-refractivity contribution is 0.190. The van der Waals surface area contributed by atoms with Crippen LogP contribution in [0.2, 0.25) is 0 Å². The summed E-state index contributed by atoms with van der Waals surface area (Å²) in [6, 6.07) is 0. The predicted molar refractivity (Wildman–Crippen MR) is 36.5 cm³/mol. The minimum atomic E-state index is -4.49. The Morgan fingerprint density at radius 3 is 2.10 bits per heavy atom. The molecule has 0 bridgehead atoms. The van der Waals surface area contributed by atoms with Crippen LogP contribution in [0.4, 0.5) is 0 Å². The molecule has 0 spiro atoms. The molecule has 0 aliphatic carbocycles. The van der Waals surface area contributed by atoms with Crippen molar-refractivity contribution in [3.8, 4) is 0 Å². The van der Waals surface area contributed by atoms with Gasteiger partial charge in [0.1, 0.15) is 0 Å². The Morgan fingerprint density at radius 2 is 2.00 bits per heavy atom. The average Bonchev–Trinajstić information content (AvgIpc) is 1.62. The second-order valence-electron chi connectivity index (χ2n) is 1.72. The minimum Gasteiger partial charge on any atom is -0.726 e. The van der Waals surface area contributed by atoms with E-state index in [4.69, 9.17) is 0 Å². The highest BCUT2D eigenvalue weighted by Crippen LogP contribution is 1.98. The molecule has 4 N–H and O–H groups in total. The van der Waals surface area contributed by atoms with Gasteiger partial charge in [-0.3, -0.25) is 4.18 Å². The van der Waals surface area contributed by atoms with Crippen LogP contribution in [0.25, 0.3) is 0 Å². The largest absolute Gasteiger partial charge is 0.726 e. The van der Waals surface area contributed by atoms with Crippen molar-refractivity contribution in [2.45, 2.75) is 26.4 Å². The fraction of sp³-hybridized carbons (Fsp3) is 1.00. The van der Waals surface area contributed by atoms with Crippen molar-refractivity contribution in [2.75, 3.05) is 0 Å². The molecule has 0 rings (SSSR count). The lowest BCUT2D eigenvalue weighted by Crippen LogP contribution is -2.13. The first-order valence-electron chi connectivity index (χ1n) is 2.60. The van der Waals surface area contributed by atoms with Crippen molar-refractivity contribution in [3.63, 3.8) is 0 Å². The van der Waals surface area contributed by atoms with Crippen LogP contribution >= 0.6 is 0 Å². The Labute approximate surface area is 60.9 Å². The first kappa shape index (κ1) is 12.5. The first-order valence-corrected chi connectivity index (χ1v) is 3.93. The van der Waals surface area contributed by atoms with Gasteiger partial charge in [0, 0.05) is 0 Å². The molecule has 0 aromatic heterocycles. The van der Waals surface area contributed by atoms with Crippen LogP contribution < -0.4 is 6.15 Å². The molecule has 1 unspecified atom stereocenters. The zero-order valence-electron chi connectivity index (χ0n) is 6.33. The molecule has 64 valence electrons.